The van der Waals surface area contributed by atoms with Gasteiger partial charge in [-0.3, -0.25) is 9.59 Å². The summed E-state index contributed by atoms with van der Waals surface area (Å²) in [5.41, 5.74) is 3.20. The van der Waals surface area contributed by atoms with E-state index in [1.807, 2.05) is 95.6 Å². The van der Waals surface area contributed by atoms with Crippen LogP contribution < -0.4 is 5.56 Å². The van der Waals surface area contributed by atoms with Crippen molar-refractivity contribution < 1.29 is 9.53 Å². The highest BCUT2D eigenvalue weighted by Gasteiger charge is 2.18. The molecule has 5 nitrogen and oxygen atoms in total. The number of carbonyl (C=O) groups is 1. The molecule has 2 heterocycles. The summed E-state index contributed by atoms with van der Waals surface area (Å²) in [6.07, 6.45) is 1.80. The van der Waals surface area contributed by atoms with E-state index < -0.39 is 0 Å². The van der Waals surface area contributed by atoms with E-state index >= 15 is 0 Å². The monoisotopic (exact) mass is 440 g/mol. The van der Waals surface area contributed by atoms with Crippen LogP contribution in [0.1, 0.15) is 54.5 Å². The van der Waals surface area contributed by atoms with Crippen LogP contribution in [-0.4, -0.2) is 21.4 Å². The average Bonchev–Trinajstić information content (AvgIpc) is 3.21. The van der Waals surface area contributed by atoms with Gasteiger partial charge in [0.1, 0.15) is 5.60 Å². The number of nitrogens with zero attached hydrogens (tertiary/aromatic N) is 2. The Kier molecular flexibility index (Phi) is 8.34. The Hall–Kier alpha value is -2.73. The molecule has 0 aliphatic carbocycles. The molecule has 31 heavy (non-hydrogen) atoms. The normalized spacial score (nSPS) is 11.3. The lowest BCUT2D eigenvalue weighted by atomic mass is 9.99. The summed E-state index contributed by atoms with van der Waals surface area (Å²) in [5, 5.41) is 8.33. The summed E-state index contributed by atoms with van der Waals surface area (Å²) in [6.45, 7) is 13.2. The van der Waals surface area contributed by atoms with Gasteiger partial charge in [0, 0.05) is 5.56 Å². The number of thiophene rings is 1. The molecule has 0 bridgehead atoms. The van der Waals surface area contributed by atoms with E-state index in [0.29, 0.717) is 0 Å². The molecule has 0 amide bonds. The molecule has 0 N–H and O–H groups in total. The lowest BCUT2D eigenvalue weighted by Gasteiger charge is -2.20. The minimum absolute atomic E-state index is 0.0285. The number of rotatable bonds is 4. The number of hydrogen-bond donors (Lipinski definition) is 0. The number of hydrogen-bond acceptors (Lipinski definition) is 5. The Morgan fingerprint density at radius 1 is 1.03 bits per heavy atom. The summed E-state index contributed by atoms with van der Waals surface area (Å²) in [7, 11) is 0. The maximum atomic E-state index is 12.8. The van der Waals surface area contributed by atoms with Crippen LogP contribution in [0.5, 0.6) is 0 Å². The van der Waals surface area contributed by atoms with Crippen molar-refractivity contribution in [3.63, 3.8) is 0 Å². The van der Waals surface area contributed by atoms with Gasteiger partial charge in [-0.15, -0.1) is 0 Å². The summed E-state index contributed by atoms with van der Waals surface area (Å²) in [6, 6.07) is 12.0. The minimum Gasteiger partial charge on any atom is -0.460 e. The molecule has 0 saturated carbocycles. The molecular weight excluding hydrogens is 408 g/mol. The molecule has 0 fully saturated rings. The standard InChI is InChI=1S/C17H16N2OS.C8H16O2/c1-12(2)19-17(20)16(14-8-9-21-11-14)15(10-18-19)13-6-4-3-5-7-13;1-6(2)7(9)10-8(3,4)5/h3-12H,1-2H3;6H,1-5H3. The summed E-state index contributed by atoms with van der Waals surface area (Å²) < 4.78 is 6.60. The third-order valence-electron chi connectivity index (χ3n) is 4.26. The van der Waals surface area contributed by atoms with Crippen LogP contribution in [0, 0.1) is 5.92 Å². The zero-order valence-electron chi connectivity index (χ0n) is 19.4. The number of esters is 1. The molecular formula is C25H32N2O3S. The summed E-state index contributed by atoms with van der Waals surface area (Å²) in [4.78, 5) is 23.7. The van der Waals surface area contributed by atoms with Gasteiger partial charge in [0.05, 0.1) is 23.7 Å². The van der Waals surface area contributed by atoms with Crippen LogP contribution >= 0.6 is 11.3 Å². The van der Waals surface area contributed by atoms with Gasteiger partial charge in [0.15, 0.2) is 0 Å². The SMILES string of the molecule is CC(C)C(=O)OC(C)(C)C.CC(C)n1ncc(-c2ccccc2)c(-c2ccsc2)c1=O. The topological polar surface area (TPSA) is 61.2 Å². The van der Waals surface area contributed by atoms with Crippen LogP contribution in [0.3, 0.4) is 0 Å². The molecule has 166 valence electrons. The van der Waals surface area contributed by atoms with Crippen molar-refractivity contribution in [1.82, 2.24) is 9.78 Å². The fourth-order valence-electron chi connectivity index (χ4n) is 2.78. The van der Waals surface area contributed by atoms with Gasteiger partial charge >= 0.3 is 5.97 Å². The number of aromatic nitrogens is 2. The van der Waals surface area contributed by atoms with E-state index in [0.717, 1.165) is 22.3 Å². The second-order valence-electron chi connectivity index (χ2n) is 8.84. The molecule has 0 atom stereocenters. The zero-order chi connectivity index (χ0) is 23.2. The molecule has 2 aromatic heterocycles. The Morgan fingerprint density at radius 2 is 1.68 bits per heavy atom. The third-order valence-corrected chi connectivity index (χ3v) is 4.95. The van der Waals surface area contributed by atoms with Crippen LogP contribution in [-0.2, 0) is 9.53 Å². The molecule has 3 aromatic rings. The van der Waals surface area contributed by atoms with Crippen molar-refractivity contribution in [3.05, 3.63) is 63.7 Å². The van der Waals surface area contributed by atoms with E-state index in [1.54, 1.807) is 22.2 Å². The highest BCUT2D eigenvalue weighted by Crippen LogP contribution is 2.30. The quantitative estimate of drug-likeness (QED) is 0.453. The van der Waals surface area contributed by atoms with E-state index in [-0.39, 0.29) is 29.1 Å². The lowest BCUT2D eigenvalue weighted by molar-refractivity contribution is -0.158. The largest absolute Gasteiger partial charge is 0.460 e. The molecule has 0 saturated heterocycles. The summed E-state index contributed by atoms with van der Waals surface area (Å²) >= 11 is 1.59. The Labute approximate surface area is 188 Å². The Balaban J connectivity index is 0.000000291. The molecule has 0 spiro atoms. The van der Waals surface area contributed by atoms with E-state index in [1.165, 1.54) is 0 Å². The van der Waals surface area contributed by atoms with Crippen molar-refractivity contribution >= 4 is 17.3 Å². The molecule has 0 unspecified atom stereocenters. The smallest absolute Gasteiger partial charge is 0.308 e. The fraction of sp³-hybridized carbons (Fsp3) is 0.400. The zero-order valence-corrected chi connectivity index (χ0v) is 20.2. The van der Waals surface area contributed by atoms with Crippen molar-refractivity contribution in [2.24, 2.45) is 5.92 Å². The molecule has 0 aliphatic rings. The van der Waals surface area contributed by atoms with Crippen LogP contribution in [0.2, 0.25) is 0 Å². The third kappa shape index (κ3) is 6.89. The van der Waals surface area contributed by atoms with Crippen molar-refractivity contribution in [2.75, 3.05) is 0 Å². The highest BCUT2D eigenvalue weighted by atomic mass is 32.1. The Bertz CT molecular complexity index is 1030. The van der Waals surface area contributed by atoms with Gasteiger partial charge in [-0.2, -0.15) is 16.4 Å². The minimum atomic E-state index is -0.346. The van der Waals surface area contributed by atoms with E-state index in [4.69, 9.17) is 4.74 Å². The predicted molar refractivity (Wildman–Crippen MR) is 128 cm³/mol. The molecule has 0 aliphatic heterocycles. The van der Waals surface area contributed by atoms with Crippen LogP contribution in [0.25, 0.3) is 22.3 Å². The van der Waals surface area contributed by atoms with Crippen LogP contribution in [0.4, 0.5) is 0 Å². The van der Waals surface area contributed by atoms with Crippen molar-refractivity contribution in [1.29, 1.82) is 0 Å². The first kappa shape index (κ1) is 24.5. The maximum Gasteiger partial charge on any atom is 0.308 e. The van der Waals surface area contributed by atoms with Gasteiger partial charge in [0.25, 0.3) is 5.56 Å². The first-order chi connectivity index (χ1) is 14.5. The molecule has 6 heteroatoms. The van der Waals surface area contributed by atoms with E-state index in [9.17, 15) is 9.59 Å². The molecule has 1 aromatic carbocycles. The van der Waals surface area contributed by atoms with Crippen molar-refractivity contribution in [3.8, 4) is 22.3 Å². The molecule has 0 radical (unpaired) electrons. The summed E-state index contributed by atoms with van der Waals surface area (Å²) in [5.74, 6) is -0.160. The van der Waals surface area contributed by atoms with Crippen molar-refractivity contribution in [2.45, 2.75) is 60.1 Å². The van der Waals surface area contributed by atoms with Gasteiger partial charge in [-0.25, -0.2) is 4.68 Å². The first-order valence-corrected chi connectivity index (χ1v) is 11.4. The Morgan fingerprint density at radius 3 is 2.13 bits per heavy atom. The highest BCUT2D eigenvalue weighted by molar-refractivity contribution is 7.08. The maximum absolute atomic E-state index is 12.8. The first-order valence-electron chi connectivity index (χ1n) is 10.4. The van der Waals surface area contributed by atoms with Gasteiger partial charge in [-0.1, -0.05) is 44.2 Å². The molecule has 3 rings (SSSR count). The van der Waals surface area contributed by atoms with Gasteiger partial charge in [0.2, 0.25) is 0 Å². The number of carbonyl (C=O) groups excluding carboxylic acids is 1. The van der Waals surface area contributed by atoms with E-state index in [2.05, 4.69) is 5.10 Å². The van der Waals surface area contributed by atoms with Gasteiger partial charge in [-0.05, 0) is 62.6 Å². The second-order valence-corrected chi connectivity index (χ2v) is 9.62. The fourth-order valence-corrected chi connectivity index (χ4v) is 3.42. The van der Waals surface area contributed by atoms with Gasteiger partial charge < -0.3 is 4.74 Å². The number of ether oxygens (including phenoxy) is 1. The lowest BCUT2D eigenvalue weighted by Crippen LogP contribution is -2.26. The predicted octanol–water partition coefficient (Wildman–Crippen LogP) is 6.20. The van der Waals surface area contributed by atoms with Crippen LogP contribution in [0.15, 0.2) is 58.1 Å². The average molecular weight is 441 g/mol. The number of benzene rings is 1. The second kappa shape index (κ2) is 10.5.